The standard InChI is InChI=1S/C16H22N2O2/c17-10-16(6-1-2-7-16)11-18-15(19)13-3-4-14-12(9-13)5-8-20-14/h3-4,9H,1-2,5-8,10-11,17H2,(H,18,19). The predicted molar refractivity (Wildman–Crippen MR) is 77.9 cm³/mol. The zero-order chi connectivity index (χ0) is 14.0. The highest BCUT2D eigenvalue weighted by Crippen LogP contribution is 2.36. The van der Waals surface area contributed by atoms with Crippen molar-refractivity contribution in [2.24, 2.45) is 11.1 Å². The fourth-order valence-corrected chi connectivity index (χ4v) is 3.28. The number of hydrogen-bond donors (Lipinski definition) is 2. The number of nitrogens with one attached hydrogen (secondary N) is 1. The summed E-state index contributed by atoms with van der Waals surface area (Å²) in [6.45, 7) is 2.07. The lowest BCUT2D eigenvalue weighted by Gasteiger charge is -2.27. The van der Waals surface area contributed by atoms with Crippen LogP contribution in [0.3, 0.4) is 0 Å². The molecule has 0 bridgehead atoms. The van der Waals surface area contributed by atoms with Gasteiger partial charge in [-0.3, -0.25) is 4.79 Å². The van der Waals surface area contributed by atoms with Crippen molar-refractivity contribution in [3.8, 4) is 5.75 Å². The molecule has 1 aromatic carbocycles. The first-order valence-electron chi connectivity index (χ1n) is 7.46. The van der Waals surface area contributed by atoms with Gasteiger partial charge in [0.2, 0.25) is 0 Å². The number of rotatable bonds is 4. The van der Waals surface area contributed by atoms with Crippen molar-refractivity contribution in [2.75, 3.05) is 19.7 Å². The first-order valence-corrected chi connectivity index (χ1v) is 7.46. The molecule has 4 nitrogen and oxygen atoms in total. The lowest BCUT2D eigenvalue weighted by atomic mass is 9.86. The van der Waals surface area contributed by atoms with Crippen molar-refractivity contribution in [1.29, 1.82) is 0 Å². The number of carbonyl (C=O) groups is 1. The van der Waals surface area contributed by atoms with Gasteiger partial charge in [-0.15, -0.1) is 0 Å². The lowest BCUT2D eigenvalue weighted by Crippen LogP contribution is -2.40. The summed E-state index contributed by atoms with van der Waals surface area (Å²) in [5.74, 6) is 0.912. The van der Waals surface area contributed by atoms with Crippen LogP contribution >= 0.6 is 0 Å². The van der Waals surface area contributed by atoms with Crippen molar-refractivity contribution in [3.05, 3.63) is 29.3 Å². The minimum absolute atomic E-state index is 0.000532. The van der Waals surface area contributed by atoms with E-state index >= 15 is 0 Å². The molecule has 0 aromatic heterocycles. The minimum atomic E-state index is -0.000532. The maximum Gasteiger partial charge on any atom is 0.251 e. The first-order chi connectivity index (χ1) is 9.72. The first kappa shape index (κ1) is 13.4. The van der Waals surface area contributed by atoms with E-state index in [2.05, 4.69) is 5.32 Å². The summed E-state index contributed by atoms with van der Waals surface area (Å²) in [6, 6.07) is 5.68. The fraction of sp³-hybridized carbons (Fsp3) is 0.562. The molecule has 1 heterocycles. The molecule has 1 aliphatic heterocycles. The number of amides is 1. The molecule has 4 heteroatoms. The van der Waals surface area contributed by atoms with Crippen LogP contribution in [0.1, 0.15) is 41.6 Å². The largest absolute Gasteiger partial charge is 0.493 e. The van der Waals surface area contributed by atoms with Crippen LogP contribution < -0.4 is 15.8 Å². The monoisotopic (exact) mass is 274 g/mol. The summed E-state index contributed by atoms with van der Waals surface area (Å²) in [5, 5.41) is 3.06. The quantitative estimate of drug-likeness (QED) is 0.881. The molecule has 0 spiro atoms. The second-order valence-corrected chi connectivity index (χ2v) is 6.01. The van der Waals surface area contributed by atoms with Gasteiger partial charge >= 0.3 is 0 Å². The Balaban J connectivity index is 1.64. The number of nitrogens with two attached hydrogens (primary N) is 1. The highest BCUT2D eigenvalue weighted by molar-refractivity contribution is 5.94. The van der Waals surface area contributed by atoms with E-state index in [0.717, 1.165) is 42.7 Å². The molecule has 1 aromatic rings. The van der Waals surface area contributed by atoms with E-state index in [4.69, 9.17) is 10.5 Å². The molecular formula is C16H22N2O2. The Labute approximate surface area is 119 Å². The van der Waals surface area contributed by atoms with Crippen LogP contribution in [-0.4, -0.2) is 25.6 Å². The Morgan fingerprint density at radius 2 is 2.15 bits per heavy atom. The number of fused-ring (bicyclic) bond motifs is 1. The van der Waals surface area contributed by atoms with Crippen LogP contribution in [0.4, 0.5) is 0 Å². The summed E-state index contributed by atoms with van der Waals surface area (Å²) in [7, 11) is 0. The van der Waals surface area contributed by atoms with Gasteiger partial charge in [-0.05, 0) is 48.6 Å². The van der Waals surface area contributed by atoms with E-state index in [0.29, 0.717) is 13.1 Å². The molecular weight excluding hydrogens is 252 g/mol. The zero-order valence-electron chi connectivity index (χ0n) is 11.8. The summed E-state index contributed by atoms with van der Waals surface area (Å²) in [4.78, 5) is 12.3. The molecule has 3 rings (SSSR count). The van der Waals surface area contributed by atoms with Crippen molar-refractivity contribution in [2.45, 2.75) is 32.1 Å². The smallest absolute Gasteiger partial charge is 0.251 e. The van der Waals surface area contributed by atoms with Crippen molar-refractivity contribution >= 4 is 5.91 Å². The van der Waals surface area contributed by atoms with Crippen LogP contribution in [0.2, 0.25) is 0 Å². The Hall–Kier alpha value is -1.55. The SMILES string of the molecule is NCC1(CNC(=O)c2ccc3c(c2)CCO3)CCCC1. The lowest BCUT2D eigenvalue weighted by molar-refractivity contribution is 0.0932. The Morgan fingerprint density at radius 3 is 2.90 bits per heavy atom. The Bertz CT molecular complexity index is 507. The van der Waals surface area contributed by atoms with E-state index in [1.807, 2.05) is 18.2 Å². The van der Waals surface area contributed by atoms with Crippen molar-refractivity contribution in [3.63, 3.8) is 0 Å². The second-order valence-electron chi connectivity index (χ2n) is 6.01. The molecule has 0 atom stereocenters. The van der Waals surface area contributed by atoms with Gasteiger partial charge in [0.05, 0.1) is 6.61 Å². The number of carbonyl (C=O) groups excluding carboxylic acids is 1. The van der Waals surface area contributed by atoms with Crippen LogP contribution in [-0.2, 0) is 6.42 Å². The highest BCUT2D eigenvalue weighted by Gasteiger charge is 2.32. The van der Waals surface area contributed by atoms with E-state index < -0.39 is 0 Å². The normalized spacial score (nSPS) is 19.4. The van der Waals surface area contributed by atoms with Gasteiger partial charge in [0.25, 0.3) is 5.91 Å². The average Bonchev–Trinajstić information content (AvgIpc) is 3.13. The predicted octanol–water partition coefficient (Wildman–Crippen LogP) is 1.87. The van der Waals surface area contributed by atoms with Gasteiger partial charge in [0.15, 0.2) is 0 Å². The molecule has 108 valence electrons. The van der Waals surface area contributed by atoms with Gasteiger partial charge in [-0.1, -0.05) is 12.8 Å². The fourth-order valence-electron chi connectivity index (χ4n) is 3.28. The van der Waals surface area contributed by atoms with E-state index in [9.17, 15) is 4.79 Å². The van der Waals surface area contributed by atoms with Gasteiger partial charge in [-0.2, -0.15) is 0 Å². The summed E-state index contributed by atoms with van der Waals surface area (Å²) < 4.78 is 5.46. The maximum atomic E-state index is 12.3. The number of benzene rings is 1. The molecule has 1 aliphatic carbocycles. The summed E-state index contributed by atoms with van der Waals surface area (Å²) in [6.07, 6.45) is 5.60. The molecule has 1 amide bonds. The average molecular weight is 274 g/mol. The van der Waals surface area contributed by atoms with Gasteiger partial charge < -0.3 is 15.8 Å². The zero-order valence-corrected chi connectivity index (χ0v) is 11.8. The third-order valence-electron chi connectivity index (χ3n) is 4.67. The van der Waals surface area contributed by atoms with Gasteiger partial charge in [0, 0.05) is 18.5 Å². The third kappa shape index (κ3) is 2.52. The number of hydrogen-bond acceptors (Lipinski definition) is 3. The van der Waals surface area contributed by atoms with Crippen LogP contribution in [0.5, 0.6) is 5.75 Å². The van der Waals surface area contributed by atoms with Crippen molar-refractivity contribution in [1.82, 2.24) is 5.32 Å². The number of ether oxygens (including phenoxy) is 1. The molecule has 0 saturated heterocycles. The maximum absolute atomic E-state index is 12.3. The molecule has 2 aliphatic rings. The molecule has 0 unspecified atom stereocenters. The van der Waals surface area contributed by atoms with E-state index in [-0.39, 0.29) is 11.3 Å². The second kappa shape index (κ2) is 5.44. The van der Waals surface area contributed by atoms with Gasteiger partial charge in [0.1, 0.15) is 5.75 Å². The summed E-state index contributed by atoms with van der Waals surface area (Å²) in [5.41, 5.74) is 7.87. The van der Waals surface area contributed by atoms with Crippen molar-refractivity contribution < 1.29 is 9.53 Å². The highest BCUT2D eigenvalue weighted by atomic mass is 16.5. The molecule has 20 heavy (non-hydrogen) atoms. The molecule has 1 fully saturated rings. The Kier molecular flexibility index (Phi) is 3.66. The molecule has 1 saturated carbocycles. The van der Waals surface area contributed by atoms with E-state index in [1.165, 1.54) is 12.8 Å². The minimum Gasteiger partial charge on any atom is -0.493 e. The van der Waals surface area contributed by atoms with E-state index in [1.54, 1.807) is 0 Å². The Morgan fingerprint density at radius 1 is 1.35 bits per heavy atom. The topological polar surface area (TPSA) is 64.3 Å². The van der Waals surface area contributed by atoms with Crippen LogP contribution in [0.15, 0.2) is 18.2 Å². The van der Waals surface area contributed by atoms with Crippen LogP contribution in [0, 0.1) is 5.41 Å². The molecule has 0 radical (unpaired) electrons. The molecule has 3 N–H and O–H groups in total. The van der Waals surface area contributed by atoms with Gasteiger partial charge in [-0.25, -0.2) is 0 Å². The van der Waals surface area contributed by atoms with Crippen LogP contribution in [0.25, 0.3) is 0 Å². The summed E-state index contributed by atoms with van der Waals surface area (Å²) >= 11 is 0. The third-order valence-corrected chi connectivity index (χ3v) is 4.67.